The molecule has 96 valence electrons. The molecule has 5 heteroatoms. The van der Waals surface area contributed by atoms with Gasteiger partial charge in [0, 0.05) is 20.7 Å². The highest BCUT2D eigenvalue weighted by Crippen LogP contribution is 2.22. The van der Waals surface area contributed by atoms with Crippen molar-refractivity contribution in [3.05, 3.63) is 63.1 Å². The predicted octanol–water partition coefficient (Wildman–Crippen LogP) is 4.17. The standard InChI is InChI=1S/C14H9BrClNO2/c15-13-5-4-10(16)7-12(13)14(19)17-11-3-1-2-9(6-11)8-18/h1-8H,(H,17,19). The van der Waals surface area contributed by atoms with Crippen LogP contribution in [0.15, 0.2) is 46.9 Å². The Morgan fingerprint density at radius 1 is 1.21 bits per heavy atom. The summed E-state index contributed by atoms with van der Waals surface area (Å²) in [5.41, 5.74) is 1.49. The fraction of sp³-hybridized carbons (Fsp3) is 0. The first-order valence-electron chi connectivity index (χ1n) is 5.42. The molecule has 2 aromatic carbocycles. The summed E-state index contributed by atoms with van der Waals surface area (Å²) in [4.78, 5) is 22.8. The lowest BCUT2D eigenvalue weighted by Gasteiger charge is -2.07. The Bertz CT molecular complexity index is 643. The topological polar surface area (TPSA) is 46.2 Å². The van der Waals surface area contributed by atoms with Crippen LogP contribution < -0.4 is 5.32 Å². The van der Waals surface area contributed by atoms with Gasteiger partial charge in [-0.15, -0.1) is 0 Å². The van der Waals surface area contributed by atoms with Gasteiger partial charge in [0.15, 0.2) is 0 Å². The van der Waals surface area contributed by atoms with E-state index in [1.54, 1.807) is 42.5 Å². The van der Waals surface area contributed by atoms with Gasteiger partial charge in [0.25, 0.3) is 5.91 Å². The molecule has 0 saturated heterocycles. The second-order valence-corrected chi connectivity index (χ2v) is 5.11. The largest absolute Gasteiger partial charge is 0.322 e. The molecule has 1 amide bonds. The summed E-state index contributed by atoms with van der Waals surface area (Å²) in [5, 5.41) is 3.20. The lowest BCUT2D eigenvalue weighted by atomic mass is 10.2. The smallest absolute Gasteiger partial charge is 0.256 e. The van der Waals surface area contributed by atoms with E-state index in [2.05, 4.69) is 21.2 Å². The molecular formula is C14H9BrClNO2. The van der Waals surface area contributed by atoms with Gasteiger partial charge in [-0.3, -0.25) is 9.59 Å². The SMILES string of the molecule is O=Cc1cccc(NC(=O)c2cc(Cl)ccc2Br)c1. The average molecular weight is 339 g/mol. The minimum absolute atomic E-state index is 0.294. The number of halogens is 2. The number of nitrogens with one attached hydrogen (secondary N) is 1. The molecule has 2 aromatic rings. The summed E-state index contributed by atoms with van der Waals surface area (Å²) < 4.78 is 0.654. The van der Waals surface area contributed by atoms with Gasteiger partial charge < -0.3 is 5.32 Å². The van der Waals surface area contributed by atoms with E-state index in [0.29, 0.717) is 26.3 Å². The molecule has 0 aliphatic carbocycles. The van der Waals surface area contributed by atoms with Gasteiger partial charge in [0.05, 0.1) is 5.56 Å². The van der Waals surface area contributed by atoms with E-state index >= 15 is 0 Å². The molecule has 1 N–H and O–H groups in total. The third kappa shape index (κ3) is 3.43. The summed E-state index contributed by atoms with van der Waals surface area (Å²) in [6, 6.07) is 11.6. The molecule has 0 fully saturated rings. The molecular weight excluding hydrogens is 330 g/mol. The number of rotatable bonds is 3. The maximum atomic E-state index is 12.1. The highest BCUT2D eigenvalue weighted by Gasteiger charge is 2.11. The van der Waals surface area contributed by atoms with Crippen molar-refractivity contribution in [3.63, 3.8) is 0 Å². The first-order valence-corrected chi connectivity index (χ1v) is 6.59. The van der Waals surface area contributed by atoms with Crippen LogP contribution in [0.3, 0.4) is 0 Å². The van der Waals surface area contributed by atoms with E-state index in [9.17, 15) is 9.59 Å². The van der Waals surface area contributed by atoms with Crippen molar-refractivity contribution in [1.29, 1.82) is 0 Å². The van der Waals surface area contributed by atoms with E-state index in [4.69, 9.17) is 11.6 Å². The fourth-order valence-electron chi connectivity index (χ4n) is 1.56. The lowest BCUT2D eigenvalue weighted by Crippen LogP contribution is -2.12. The number of anilines is 1. The molecule has 2 rings (SSSR count). The molecule has 0 bridgehead atoms. The second-order valence-electron chi connectivity index (χ2n) is 3.82. The van der Waals surface area contributed by atoms with E-state index in [0.717, 1.165) is 6.29 Å². The average Bonchev–Trinajstić information content (AvgIpc) is 2.41. The van der Waals surface area contributed by atoms with E-state index in [1.165, 1.54) is 0 Å². The molecule has 3 nitrogen and oxygen atoms in total. The Labute approximate surface area is 123 Å². The zero-order valence-corrected chi connectivity index (χ0v) is 12.0. The van der Waals surface area contributed by atoms with Crippen molar-refractivity contribution in [2.45, 2.75) is 0 Å². The van der Waals surface area contributed by atoms with Crippen molar-refractivity contribution in [2.75, 3.05) is 5.32 Å². The molecule has 0 aliphatic rings. The molecule has 0 heterocycles. The number of benzene rings is 2. The van der Waals surface area contributed by atoms with Crippen LogP contribution in [0.2, 0.25) is 5.02 Å². The van der Waals surface area contributed by atoms with Gasteiger partial charge in [-0.05, 0) is 46.3 Å². The third-order valence-corrected chi connectivity index (χ3v) is 3.38. The Morgan fingerprint density at radius 2 is 2.00 bits per heavy atom. The Kier molecular flexibility index (Phi) is 4.35. The van der Waals surface area contributed by atoms with E-state index < -0.39 is 0 Å². The number of aldehydes is 1. The molecule has 0 aromatic heterocycles. The molecule has 19 heavy (non-hydrogen) atoms. The number of amides is 1. The van der Waals surface area contributed by atoms with Gasteiger partial charge in [-0.25, -0.2) is 0 Å². The lowest BCUT2D eigenvalue weighted by molar-refractivity contribution is 0.102. The van der Waals surface area contributed by atoms with Crippen LogP contribution in [0.25, 0.3) is 0 Å². The summed E-state index contributed by atoms with van der Waals surface area (Å²) in [7, 11) is 0. The van der Waals surface area contributed by atoms with Crippen LogP contribution in [-0.2, 0) is 0 Å². The molecule has 0 radical (unpaired) electrons. The van der Waals surface area contributed by atoms with Crippen LogP contribution in [-0.4, -0.2) is 12.2 Å². The van der Waals surface area contributed by atoms with Gasteiger partial charge in [-0.1, -0.05) is 23.7 Å². The number of carbonyl (C=O) groups is 2. The minimum atomic E-state index is -0.294. The van der Waals surface area contributed by atoms with Crippen molar-refractivity contribution < 1.29 is 9.59 Å². The third-order valence-electron chi connectivity index (χ3n) is 2.45. The fourth-order valence-corrected chi connectivity index (χ4v) is 2.16. The summed E-state index contributed by atoms with van der Waals surface area (Å²) in [5.74, 6) is -0.294. The van der Waals surface area contributed by atoms with Gasteiger partial charge >= 0.3 is 0 Å². The minimum Gasteiger partial charge on any atom is -0.322 e. The molecule has 0 saturated carbocycles. The van der Waals surface area contributed by atoms with Crippen LogP contribution >= 0.6 is 27.5 Å². The van der Waals surface area contributed by atoms with Crippen LogP contribution in [0.4, 0.5) is 5.69 Å². The Morgan fingerprint density at radius 3 is 2.74 bits per heavy atom. The van der Waals surface area contributed by atoms with Crippen LogP contribution in [0, 0.1) is 0 Å². The summed E-state index contributed by atoms with van der Waals surface area (Å²) >= 11 is 9.16. The van der Waals surface area contributed by atoms with Crippen molar-refractivity contribution >= 4 is 45.4 Å². The number of carbonyl (C=O) groups excluding carboxylic acids is 2. The number of hydrogen-bond donors (Lipinski definition) is 1. The highest BCUT2D eigenvalue weighted by atomic mass is 79.9. The molecule has 0 aliphatic heterocycles. The maximum Gasteiger partial charge on any atom is 0.256 e. The monoisotopic (exact) mass is 337 g/mol. The maximum absolute atomic E-state index is 12.1. The Hall–Kier alpha value is -1.65. The molecule has 0 atom stereocenters. The van der Waals surface area contributed by atoms with E-state index in [1.807, 2.05) is 0 Å². The van der Waals surface area contributed by atoms with Crippen molar-refractivity contribution in [1.82, 2.24) is 0 Å². The van der Waals surface area contributed by atoms with Crippen molar-refractivity contribution in [2.24, 2.45) is 0 Å². The van der Waals surface area contributed by atoms with E-state index in [-0.39, 0.29) is 5.91 Å². The first-order chi connectivity index (χ1) is 9.10. The zero-order valence-electron chi connectivity index (χ0n) is 9.69. The van der Waals surface area contributed by atoms with Crippen LogP contribution in [0.5, 0.6) is 0 Å². The normalized spacial score (nSPS) is 10.0. The van der Waals surface area contributed by atoms with Gasteiger partial charge in [-0.2, -0.15) is 0 Å². The Balaban J connectivity index is 2.25. The first kappa shape index (κ1) is 13.8. The van der Waals surface area contributed by atoms with Crippen LogP contribution in [0.1, 0.15) is 20.7 Å². The quantitative estimate of drug-likeness (QED) is 0.854. The predicted molar refractivity (Wildman–Crippen MR) is 78.9 cm³/mol. The molecule has 0 spiro atoms. The van der Waals surface area contributed by atoms with Gasteiger partial charge in [0.1, 0.15) is 6.29 Å². The zero-order chi connectivity index (χ0) is 13.8. The second kappa shape index (κ2) is 5.99. The highest BCUT2D eigenvalue weighted by molar-refractivity contribution is 9.10. The van der Waals surface area contributed by atoms with Gasteiger partial charge in [0.2, 0.25) is 0 Å². The molecule has 0 unspecified atom stereocenters. The summed E-state index contributed by atoms with van der Waals surface area (Å²) in [6.07, 6.45) is 0.727. The number of hydrogen-bond acceptors (Lipinski definition) is 2. The summed E-state index contributed by atoms with van der Waals surface area (Å²) in [6.45, 7) is 0. The van der Waals surface area contributed by atoms with Crippen molar-refractivity contribution in [3.8, 4) is 0 Å².